The molecule has 1 aliphatic heterocycles. The van der Waals surface area contributed by atoms with Gasteiger partial charge >= 0.3 is 0 Å². The summed E-state index contributed by atoms with van der Waals surface area (Å²) in [4.78, 5) is 2.38. The average molecular weight is 229 g/mol. The van der Waals surface area contributed by atoms with Crippen LogP contribution in [0.1, 0.15) is 17.9 Å². The first kappa shape index (κ1) is 12.1. The first-order valence-electron chi connectivity index (χ1n) is 6.17. The highest BCUT2D eigenvalue weighted by atomic mass is 15.2. The molecule has 0 radical (unpaired) electrons. The fourth-order valence-corrected chi connectivity index (χ4v) is 2.45. The molecule has 3 heteroatoms. The summed E-state index contributed by atoms with van der Waals surface area (Å²) in [6.07, 6.45) is 1.20. The van der Waals surface area contributed by atoms with E-state index in [1.54, 1.807) is 0 Å². The Bertz CT molecular complexity index is 382. The molecule has 2 atom stereocenters. The second-order valence-corrected chi connectivity index (χ2v) is 4.63. The molecule has 0 saturated carbocycles. The lowest BCUT2D eigenvalue weighted by Gasteiger charge is -2.18. The van der Waals surface area contributed by atoms with Crippen LogP contribution in [0.5, 0.6) is 0 Å². The highest BCUT2D eigenvalue weighted by molar-refractivity contribution is 5.21. The van der Waals surface area contributed by atoms with Crippen LogP contribution in [0.2, 0.25) is 0 Å². The minimum Gasteiger partial charge on any atom is -0.304 e. The highest BCUT2D eigenvalue weighted by Crippen LogP contribution is 2.26. The third-order valence-electron chi connectivity index (χ3n) is 3.49. The zero-order chi connectivity index (χ0) is 12.1. The molecule has 1 aromatic carbocycles. The number of rotatable bonds is 4. The third kappa shape index (κ3) is 3.06. The van der Waals surface area contributed by atoms with Gasteiger partial charge in [-0.25, -0.2) is 0 Å². The number of nitrogens with zero attached hydrogens (tertiary/aromatic N) is 2. The van der Waals surface area contributed by atoms with Crippen molar-refractivity contribution in [3.63, 3.8) is 0 Å². The van der Waals surface area contributed by atoms with E-state index in [0.717, 1.165) is 19.6 Å². The summed E-state index contributed by atoms with van der Waals surface area (Å²) >= 11 is 0. The van der Waals surface area contributed by atoms with Crippen molar-refractivity contribution in [1.29, 1.82) is 5.26 Å². The monoisotopic (exact) mass is 229 g/mol. The quantitative estimate of drug-likeness (QED) is 0.852. The van der Waals surface area contributed by atoms with E-state index in [-0.39, 0.29) is 6.04 Å². The molecule has 0 bridgehead atoms. The van der Waals surface area contributed by atoms with Gasteiger partial charge in [0, 0.05) is 13.1 Å². The van der Waals surface area contributed by atoms with Gasteiger partial charge in [-0.3, -0.25) is 0 Å². The summed E-state index contributed by atoms with van der Waals surface area (Å²) in [5.41, 5.74) is 1.42. The van der Waals surface area contributed by atoms with Crippen LogP contribution in [0.4, 0.5) is 0 Å². The first-order chi connectivity index (χ1) is 8.33. The zero-order valence-corrected chi connectivity index (χ0v) is 10.3. The molecule has 2 rings (SSSR count). The number of hydrogen-bond acceptors (Lipinski definition) is 3. The maximum atomic E-state index is 8.93. The van der Waals surface area contributed by atoms with E-state index < -0.39 is 0 Å². The van der Waals surface area contributed by atoms with Gasteiger partial charge in [0.25, 0.3) is 0 Å². The van der Waals surface area contributed by atoms with Crippen molar-refractivity contribution < 1.29 is 0 Å². The van der Waals surface area contributed by atoms with Crippen molar-refractivity contribution in [2.75, 3.05) is 26.7 Å². The standard InChI is InChI=1S/C14H19N3/c1-16-14(9-15)11-17-8-7-13(10-17)12-5-3-2-4-6-12/h2-6,13-14,16H,7-8,10-11H2,1H3. The Kier molecular flexibility index (Phi) is 4.13. The van der Waals surface area contributed by atoms with Crippen molar-refractivity contribution in [3.8, 4) is 6.07 Å². The molecule has 1 saturated heterocycles. The van der Waals surface area contributed by atoms with Gasteiger partial charge in [-0.1, -0.05) is 30.3 Å². The second-order valence-electron chi connectivity index (χ2n) is 4.63. The van der Waals surface area contributed by atoms with Crippen molar-refractivity contribution >= 4 is 0 Å². The molecule has 2 unspecified atom stereocenters. The summed E-state index contributed by atoms with van der Waals surface area (Å²) in [5, 5.41) is 12.0. The van der Waals surface area contributed by atoms with Gasteiger partial charge in [-0.15, -0.1) is 0 Å². The fraction of sp³-hybridized carbons (Fsp3) is 0.500. The van der Waals surface area contributed by atoms with Gasteiger partial charge in [0.2, 0.25) is 0 Å². The molecule has 1 aromatic rings. The maximum Gasteiger partial charge on any atom is 0.108 e. The van der Waals surface area contributed by atoms with Crippen LogP contribution in [0.25, 0.3) is 0 Å². The van der Waals surface area contributed by atoms with Crippen molar-refractivity contribution in [2.24, 2.45) is 0 Å². The lowest BCUT2D eigenvalue weighted by molar-refractivity contribution is 0.315. The molecule has 3 nitrogen and oxygen atoms in total. The zero-order valence-electron chi connectivity index (χ0n) is 10.3. The molecule has 0 aliphatic carbocycles. The Balaban J connectivity index is 1.90. The summed E-state index contributed by atoms with van der Waals surface area (Å²) in [6.45, 7) is 3.00. The highest BCUT2D eigenvalue weighted by Gasteiger charge is 2.25. The maximum absolute atomic E-state index is 8.93. The van der Waals surface area contributed by atoms with Gasteiger partial charge in [-0.05, 0) is 31.5 Å². The number of nitrogens with one attached hydrogen (secondary N) is 1. The Morgan fingerprint density at radius 3 is 2.88 bits per heavy atom. The van der Waals surface area contributed by atoms with Crippen molar-refractivity contribution in [2.45, 2.75) is 18.4 Å². The summed E-state index contributed by atoms with van der Waals surface area (Å²) in [7, 11) is 1.85. The van der Waals surface area contributed by atoms with E-state index in [2.05, 4.69) is 46.6 Å². The number of nitriles is 1. The van der Waals surface area contributed by atoms with Crippen LogP contribution in [0.15, 0.2) is 30.3 Å². The van der Waals surface area contributed by atoms with Gasteiger partial charge in [-0.2, -0.15) is 5.26 Å². The Morgan fingerprint density at radius 2 is 2.24 bits per heavy atom. The average Bonchev–Trinajstić information content (AvgIpc) is 2.85. The fourth-order valence-electron chi connectivity index (χ4n) is 2.45. The summed E-state index contributed by atoms with van der Waals surface area (Å²) < 4.78 is 0. The van der Waals surface area contributed by atoms with Crippen LogP contribution in [-0.2, 0) is 0 Å². The minimum absolute atomic E-state index is 0.0514. The topological polar surface area (TPSA) is 39.1 Å². The van der Waals surface area contributed by atoms with Crippen LogP contribution in [-0.4, -0.2) is 37.6 Å². The van der Waals surface area contributed by atoms with Crippen LogP contribution >= 0.6 is 0 Å². The largest absolute Gasteiger partial charge is 0.304 e. The molecule has 1 fully saturated rings. The van der Waals surface area contributed by atoms with E-state index in [1.807, 2.05) is 7.05 Å². The van der Waals surface area contributed by atoms with Gasteiger partial charge in [0.05, 0.1) is 6.07 Å². The summed E-state index contributed by atoms with van der Waals surface area (Å²) in [6, 6.07) is 12.9. The van der Waals surface area contributed by atoms with Gasteiger partial charge in [0.15, 0.2) is 0 Å². The lowest BCUT2D eigenvalue weighted by Crippen LogP contribution is -2.37. The number of likely N-dealkylation sites (tertiary alicyclic amines) is 1. The molecule has 0 aromatic heterocycles. The molecule has 1 heterocycles. The second kappa shape index (κ2) is 5.81. The lowest BCUT2D eigenvalue weighted by atomic mass is 9.99. The van der Waals surface area contributed by atoms with Crippen molar-refractivity contribution in [3.05, 3.63) is 35.9 Å². The summed E-state index contributed by atoms with van der Waals surface area (Å²) in [5.74, 6) is 0.632. The number of benzene rings is 1. The van der Waals surface area contributed by atoms with Crippen LogP contribution < -0.4 is 5.32 Å². The molecule has 0 amide bonds. The Hall–Kier alpha value is -1.37. The first-order valence-corrected chi connectivity index (χ1v) is 6.17. The number of likely N-dealkylation sites (N-methyl/N-ethyl adjacent to an activating group) is 1. The predicted octanol–water partition coefficient (Wildman–Crippen LogP) is 1.59. The number of hydrogen-bond donors (Lipinski definition) is 1. The molecule has 1 N–H and O–H groups in total. The van der Waals surface area contributed by atoms with E-state index >= 15 is 0 Å². The SMILES string of the molecule is CNC(C#N)CN1CCC(c2ccccc2)C1. The van der Waals surface area contributed by atoms with Crippen molar-refractivity contribution in [1.82, 2.24) is 10.2 Å². The Morgan fingerprint density at radius 1 is 1.47 bits per heavy atom. The molecule has 1 aliphatic rings. The molecule has 0 spiro atoms. The van der Waals surface area contributed by atoms with Crippen LogP contribution in [0, 0.1) is 11.3 Å². The third-order valence-corrected chi connectivity index (χ3v) is 3.49. The minimum atomic E-state index is -0.0514. The Labute approximate surface area is 103 Å². The predicted molar refractivity (Wildman–Crippen MR) is 68.7 cm³/mol. The van der Waals surface area contributed by atoms with Gasteiger partial charge in [0.1, 0.15) is 6.04 Å². The van der Waals surface area contributed by atoms with E-state index in [9.17, 15) is 0 Å². The van der Waals surface area contributed by atoms with E-state index in [4.69, 9.17) is 5.26 Å². The molecular formula is C14H19N3. The normalized spacial score (nSPS) is 22.2. The molecular weight excluding hydrogens is 210 g/mol. The van der Waals surface area contributed by atoms with Gasteiger partial charge < -0.3 is 10.2 Å². The smallest absolute Gasteiger partial charge is 0.108 e. The van der Waals surface area contributed by atoms with Crippen LogP contribution in [0.3, 0.4) is 0 Å². The molecule has 17 heavy (non-hydrogen) atoms. The van der Waals surface area contributed by atoms with E-state index in [0.29, 0.717) is 5.92 Å². The molecule has 90 valence electrons. The van der Waals surface area contributed by atoms with E-state index in [1.165, 1.54) is 12.0 Å².